The molecule has 0 aliphatic rings. The molecule has 0 aliphatic heterocycles. The summed E-state index contributed by atoms with van der Waals surface area (Å²) in [5.74, 6) is 0.575. The number of benzene rings is 3. The fraction of sp³-hybridized carbons (Fsp3) is 0.0400. The van der Waals surface area contributed by atoms with Crippen LogP contribution in [0, 0.1) is 0 Å². The van der Waals surface area contributed by atoms with E-state index >= 15 is 0 Å². The zero-order chi connectivity index (χ0) is 19.8. The number of hydrogen-bond acceptors (Lipinski definition) is 3. The maximum absolute atomic E-state index is 13.5. The van der Waals surface area contributed by atoms with Gasteiger partial charge in [0.1, 0.15) is 11.6 Å². The van der Waals surface area contributed by atoms with E-state index in [1.807, 2.05) is 91.0 Å². The number of rotatable bonds is 3. The minimum Gasteiger partial charge on any atom is -0.507 e. The topological polar surface area (TPSA) is 55.1 Å². The van der Waals surface area contributed by atoms with Gasteiger partial charge >= 0.3 is 0 Å². The maximum Gasteiger partial charge on any atom is 0.264 e. The Balaban J connectivity index is 1.80. The predicted molar refractivity (Wildman–Crippen MR) is 116 cm³/mol. The fourth-order valence-corrected chi connectivity index (χ4v) is 3.74. The van der Waals surface area contributed by atoms with Crippen LogP contribution in [0.1, 0.15) is 11.1 Å². The molecule has 4 nitrogen and oxygen atoms in total. The van der Waals surface area contributed by atoms with Gasteiger partial charge < -0.3 is 5.11 Å². The second-order valence-corrected chi connectivity index (χ2v) is 7.01. The molecular weight excluding hydrogens is 360 g/mol. The van der Waals surface area contributed by atoms with Crippen molar-refractivity contribution >= 4 is 21.8 Å². The summed E-state index contributed by atoms with van der Waals surface area (Å²) in [6, 6.07) is 28.7. The first-order valence-electron chi connectivity index (χ1n) is 9.48. The van der Waals surface area contributed by atoms with Gasteiger partial charge in [-0.05, 0) is 35.9 Å². The van der Waals surface area contributed by atoms with E-state index in [1.54, 1.807) is 4.57 Å². The van der Waals surface area contributed by atoms with Crippen LogP contribution in [0.3, 0.4) is 0 Å². The van der Waals surface area contributed by atoms with Gasteiger partial charge in [-0.3, -0.25) is 9.36 Å². The second kappa shape index (κ2) is 6.91. The SMILES string of the molecule is O=c1c(Cc2ccccc2)c(O)c2ccccc2n1-c1ccc2ccccc2n1. The molecule has 0 spiro atoms. The van der Waals surface area contributed by atoms with Crippen LogP contribution in [0.2, 0.25) is 0 Å². The first kappa shape index (κ1) is 17.2. The Labute approximate surface area is 167 Å². The Kier molecular flexibility index (Phi) is 4.10. The highest BCUT2D eigenvalue weighted by Gasteiger charge is 2.18. The van der Waals surface area contributed by atoms with Crippen LogP contribution in [0.4, 0.5) is 0 Å². The van der Waals surface area contributed by atoms with Crippen molar-refractivity contribution in [3.63, 3.8) is 0 Å². The van der Waals surface area contributed by atoms with Crippen LogP contribution in [-0.2, 0) is 6.42 Å². The zero-order valence-electron chi connectivity index (χ0n) is 15.6. The van der Waals surface area contributed by atoms with Crippen molar-refractivity contribution in [3.05, 3.63) is 112 Å². The summed E-state index contributed by atoms with van der Waals surface area (Å²) in [6.45, 7) is 0. The first-order chi connectivity index (χ1) is 14.2. The van der Waals surface area contributed by atoms with Gasteiger partial charge in [0.2, 0.25) is 0 Å². The standard InChI is InChI=1S/C25H18N2O2/c28-24-19-11-5-7-13-22(19)27(23-15-14-18-10-4-6-12-21(18)26-23)25(29)20(24)16-17-8-2-1-3-9-17/h1-15,28H,16H2. The summed E-state index contributed by atoms with van der Waals surface area (Å²) in [5.41, 5.74) is 2.53. The number of pyridine rings is 2. The number of fused-ring (bicyclic) bond motifs is 2. The van der Waals surface area contributed by atoms with Crippen molar-refractivity contribution in [1.29, 1.82) is 0 Å². The van der Waals surface area contributed by atoms with Crippen LogP contribution >= 0.6 is 0 Å². The third-order valence-electron chi connectivity index (χ3n) is 5.18. The molecule has 29 heavy (non-hydrogen) atoms. The fourth-order valence-electron chi connectivity index (χ4n) is 3.74. The average molecular weight is 378 g/mol. The summed E-state index contributed by atoms with van der Waals surface area (Å²) in [7, 11) is 0. The van der Waals surface area contributed by atoms with E-state index in [9.17, 15) is 9.90 Å². The van der Waals surface area contributed by atoms with Crippen molar-refractivity contribution < 1.29 is 5.11 Å². The molecule has 0 amide bonds. The highest BCUT2D eigenvalue weighted by Crippen LogP contribution is 2.29. The van der Waals surface area contributed by atoms with Gasteiger partial charge in [-0.25, -0.2) is 4.98 Å². The summed E-state index contributed by atoms with van der Waals surface area (Å²) in [6.07, 6.45) is 0.351. The molecule has 0 aliphatic carbocycles. The van der Waals surface area contributed by atoms with Gasteiger partial charge in [0.15, 0.2) is 0 Å². The minimum absolute atomic E-state index is 0.0338. The number of aromatic hydroxyl groups is 1. The van der Waals surface area contributed by atoms with E-state index in [2.05, 4.69) is 0 Å². The number of aromatic nitrogens is 2. The Morgan fingerprint density at radius 1 is 0.793 bits per heavy atom. The summed E-state index contributed by atoms with van der Waals surface area (Å²) in [5, 5.41) is 12.5. The lowest BCUT2D eigenvalue weighted by Gasteiger charge is -2.15. The van der Waals surface area contributed by atoms with E-state index in [-0.39, 0.29) is 11.3 Å². The first-order valence-corrected chi connectivity index (χ1v) is 9.48. The van der Waals surface area contributed by atoms with E-state index in [0.29, 0.717) is 28.7 Å². The molecule has 0 atom stereocenters. The van der Waals surface area contributed by atoms with Crippen molar-refractivity contribution in [3.8, 4) is 11.6 Å². The summed E-state index contributed by atoms with van der Waals surface area (Å²) >= 11 is 0. The van der Waals surface area contributed by atoms with E-state index in [4.69, 9.17) is 4.98 Å². The molecular formula is C25H18N2O2. The zero-order valence-corrected chi connectivity index (χ0v) is 15.6. The normalized spacial score (nSPS) is 11.2. The van der Waals surface area contributed by atoms with Crippen molar-refractivity contribution in [1.82, 2.24) is 9.55 Å². The molecule has 4 heteroatoms. The van der Waals surface area contributed by atoms with Crippen LogP contribution < -0.4 is 5.56 Å². The smallest absolute Gasteiger partial charge is 0.264 e. The lowest BCUT2D eigenvalue weighted by Crippen LogP contribution is -2.24. The third-order valence-corrected chi connectivity index (χ3v) is 5.18. The van der Waals surface area contributed by atoms with Crippen LogP contribution in [0.15, 0.2) is 95.8 Å². The van der Waals surface area contributed by atoms with Crippen LogP contribution in [-0.4, -0.2) is 14.7 Å². The molecule has 2 heterocycles. The highest BCUT2D eigenvalue weighted by atomic mass is 16.3. The lowest BCUT2D eigenvalue weighted by atomic mass is 10.0. The molecule has 140 valence electrons. The molecule has 5 aromatic rings. The Hall–Kier alpha value is -3.92. The monoisotopic (exact) mass is 378 g/mol. The molecule has 1 N–H and O–H groups in total. The van der Waals surface area contributed by atoms with E-state index in [0.717, 1.165) is 16.5 Å². The largest absolute Gasteiger partial charge is 0.507 e. The van der Waals surface area contributed by atoms with Gasteiger partial charge in [-0.15, -0.1) is 0 Å². The van der Waals surface area contributed by atoms with Crippen molar-refractivity contribution in [2.75, 3.05) is 0 Å². The van der Waals surface area contributed by atoms with Gasteiger partial charge in [0.25, 0.3) is 5.56 Å². The Morgan fingerprint density at radius 3 is 2.38 bits per heavy atom. The van der Waals surface area contributed by atoms with Gasteiger partial charge in [-0.2, -0.15) is 0 Å². The maximum atomic E-state index is 13.5. The van der Waals surface area contributed by atoms with Gasteiger partial charge in [0.05, 0.1) is 16.6 Å². The molecule has 0 bridgehead atoms. The molecule has 0 unspecified atom stereocenters. The minimum atomic E-state index is -0.257. The molecule has 2 aromatic heterocycles. The summed E-state index contributed by atoms with van der Waals surface area (Å²) in [4.78, 5) is 18.2. The average Bonchev–Trinajstić information content (AvgIpc) is 2.77. The van der Waals surface area contributed by atoms with E-state index in [1.165, 1.54) is 0 Å². The molecule has 3 aromatic carbocycles. The molecule has 0 fully saturated rings. The van der Waals surface area contributed by atoms with Gasteiger partial charge in [-0.1, -0.05) is 60.7 Å². The Bertz CT molecular complexity index is 1410. The third kappa shape index (κ3) is 2.95. The lowest BCUT2D eigenvalue weighted by molar-refractivity contribution is 0.473. The van der Waals surface area contributed by atoms with E-state index < -0.39 is 0 Å². The highest BCUT2D eigenvalue weighted by molar-refractivity contribution is 5.88. The molecule has 0 saturated heterocycles. The summed E-state index contributed by atoms with van der Waals surface area (Å²) < 4.78 is 1.60. The Morgan fingerprint density at radius 2 is 1.52 bits per heavy atom. The van der Waals surface area contributed by atoms with Crippen LogP contribution in [0.25, 0.3) is 27.6 Å². The van der Waals surface area contributed by atoms with Crippen LogP contribution in [0.5, 0.6) is 5.75 Å². The van der Waals surface area contributed by atoms with Crippen molar-refractivity contribution in [2.45, 2.75) is 6.42 Å². The molecule has 0 radical (unpaired) electrons. The number of para-hydroxylation sites is 2. The van der Waals surface area contributed by atoms with Crippen molar-refractivity contribution in [2.24, 2.45) is 0 Å². The second-order valence-electron chi connectivity index (χ2n) is 7.01. The number of hydrogen-bond donors (Lipinski definition) is 1. The predicted octanol–water partition coefficient (Wildman–Crippen LogP) is 4.84. The number of nitrogens with zero attached hydrogens (tertiary/aromatic N) is 2. The molecule has 5 rings (SSSR count). The quantitative estimate of drug-likeness (QED) is 0.489. The van der Waals surface area contributed by atoms with Gasteiger partial charge in [0, 0.05) is 17.2 Å². The molecule has 0 saturated carbocycles.